The second-order valence-corrected chi connectivity index (χ2v) is 4.12. The number of H-pyrrole nitrogens is 1. The lowest BCUT2D eigenvalue weighted by Gasteiger charge is -2.09. The summed E-state index contributed by atoms with van der Waals surface area (Å²) in [5.41, 5.74) is 3.55. The van der Waals surface area contributed by atoms with Crippen molar-refractivity contribution in [3.8, 4) is 17.0 Å². The van der Waals surface area contributed by atoms with Gasteiger partial charge in [0.25, 0.3) is 0 Å². The van der Waals surface area contributed by atoms with Gasteiger partial charge in [-0.2, -0.15) is 5.10 Å². The predicted molar refractivity (Wildman–Crippen MR) is 67.0 cm³/mol. The van der Waals surface area contributed by atoms with Crippen molar-refractivity contribution in [2.75, 3.05) is 7.11 Å². The number of carboxylic acid groups (broad SMARTS) is 1. The SMILES string of the molecule is COc1c(C)cc(-c2cc(C(=O)O)[nH]n2)cc1C. The lowest BCUT2D eigenvalue weighted by Crippen LogP contribution is -1.95. The van der Waals surface area contributed by atoms with Gasteiger partial charge in [0.05, 0.1) is 12.8 Å². The summed E-state index contributed by atoms with van der Waals surface area (Å²) in [5, 5.41) is 15.3. The first-order chi connectivity index (χ1) is 8.52. The summed E-state index contributed by atoms with van der Waals surface area (Å²) in [6.45, 7) is 3.89. The minimum atomic E-state index is -1.02. The molecule has 0 aliphatic carbocycles. The van der Waals surface area contributed by atoms with Crippen molar-refractivity contribution in [3.05, 3.63) is 35.0 Å². The summed E-state index contributed by atoms with van der Waals surface area (Å²) in [5.74, 6) is -0.177. The number of carbonyl (C=O) groups is 1. The highest BCUT2D eigenvalue weighted by Crippen LogP contribution is 2.29. The van der Waals surface area contributed by atoms with Crippen LogP contribution in [-0.2, 0) is 0 Å². The maximum atomic E-state index is 10.8. The molecule has 0 bridgehead atoms. The summed E-state index contributed by atoms with van der Waals surface area (Å²) in [7, 11) is 1.63. The lowest BCUT2D eigenvalue weighted by atomic mass is 10.0. The van der Waals surface area contributed by atoms with E-state index in [9.17, 15) is 4.79 Å². The Balaban J connectivity index is 2.47. The molecule has 94 valence electrons. The van der Waals surface area contributed by atoms with Crippen LogP contribution in [0.5, 0.6) is 5.75 Å². The molecule has 5 nitrogen and oxygen atoms in total. The zero-order valence-electron chi connectivity index (χ0n) is 10.4. The zero-order valence-corrected chi connectivity index (χ0v) is 10.4. The Bertz CT molecular complexity index is 579. The Hall–Kier alpha value is -2.30. The number of nitrogens with one attached hydrogen (secondary N) is 1. The van der Waals surface area contributed by atoms with Gasteiger partial charge >= 0.3 is 5.97 Å². The summed E-state index contributed by atoms with van der Waals surface area (Å²) >= 11 is 0. The second-order valence-electron chi connectivity index (χ2n) is 4.12. The molecule has 0 aliphatic heterocycles. The average molecular weight is 246 g/mol. The van der Waals surface area contributed by atoms with Crippen LogP contribution >= 0.6 is 0 Å². The molecule has 2 rings (SSSR count). The summed E-state index contributed by atoms with van der Waals surface area (Å²) in [6, 6.07) is 5.37. The van der Waals surface area contributed by atoms with Crippen LogP contribution in [0.4, 0.5) is 0 Å². The van der Waals surface area contributed by atoms with Crippen LogP contribution in [0.25, 0.3) is 11.3 Å². The summed E-state index contributed by atoms with van der Waals surface area (Å²) in [6.07, 6.45) is 0. The van der Waals surface area contributed by atoms with Gasteiger partial charge in [0, 0.05) is 5.56 Å². The molecule has 0 aliphatic rings. The number of nitrogens with zero attached hydrogens (tertiary/aromatic N) is 1. The number of aromatic carboxylic acids is 1. The molecule has 1 aromatic heterocycles. The van der Waals surface area contributed by atoms with E-state index in [0.717, 1.165) is 22.4 Å². The van der Waals surface area contributed by atoms with E-state index >= 15 is 0 Å². The maximum absolute atomic E-state index is 10.8. The Labute approximate surface area is 104 Å². The Morgan fingerprint density at radius 1 is 1.28 bits per heavy atom. The normalized spacial score (nSPS) is 10.4. The number of hydrogen-bond acceptors (Lipinski definition) is 3. The average Bonchev–Trinajstić information content (AvgIpc) is 2.77. The molecule has 18 heavy (non-hydrogen) atoms. The quantitative estimate of drug-likeness (QED) is 0.872. The monoisotopic (exact) mass is 246 g/mol. The molecule has 2 N–H and O–H groups in total. The van der Waals surface area contributed by atoms with Crippen molar-refractivity contribution < 1.29 is 14.6 Å². The zero-order chi connectivity index (χ0) is 13.3. The first-order valence-corrected chi connectivity index (χ1v) is 5.47. The molecule has 0 atom stereocenters. The highest BCUT2D eigenvalue weighted by molar-refractivity contribution is 5.86. The van der Waals surface area contributed by atoms with Gasteiger partial charge in [-0.15, -0.1) is 0 Å². The van der Waals surface area contributed by atoms with Crippen LogP contribution in [0, 0.1) is 13.8 Å². The van der Waals surface area contributed by atoms with Crippen molar-refractivity contribution in [2.24, 2.45) is 0 Å². The standard InChI is InChI=1S/C13H14N2O3/c1-7-4-9(5-8(2)12(7)18-3)10-6-11(13(16)17)15-14-10/h4-6H,1-3H3,(H,14,15)(H,16,17). The molecule has 0 spiro atoms. The Morgan fingerprint density at radius 3 is 2.33 bits per heavy atom. The highest BCUT2D eigenvalue weighted by atomic mass is 16.5. The third-order valence-corrected chi connectivity index (χ3v) is 2.77. The van der Waals surface area contributed by atoms with E-state index in [1.54, 1.807) is 7.11 Å². The molecular weight excluding hydrogens is 232 g/mol. The maximum Gasteiger partial charge on any atom is 0.353 e. The van der Waals surface area contributed by atoms with Gasteiger partial charge in [0.1, 0.15) is 11.4 Å². The third-order valence-electron chi connectivity index (χ3n) is 2.77. The van der Waals surface area contributed by atoms with E-state index < -0.39 is 5.97 Å². The van der Waals surface area contributed by atoms with Gasteiger partial charge in [0.2, 0.25) is 0 Å². The van der Waals surface area contributed by atoms with Gasteiger partial charge < -0.3 is 9.84 Å². The van der Waals surface area contributed by atoms with Crippen molar-refractivity contribution in [1.82, 2.24) is 10.2 Å². The molecule has 0 radical (unpaired) electrons. The molecule has 0 fully saturated rings. The molecule has 1 heterocycles. The van der Waals surface area contributed by atoms with Crippen LogP contribution in [0.1, 0.15) is 21.6 Å². The Kier molecular flexibility index (Phi) is 3.06. The number of rotatable bonds is 3. The highest BCUT2D eigenvalue weighted by Gasteiger charge is 2.12. The number of benzene rings is 1. The predicted octanol–water partition coefficient (Wildman–Crippen LogP) is 2.40. The smallest absolute Gasteiger partial charge is 0.353 e. The van der Waals surface area contributed by atoms with Crippen molar-refractivity contribution in [2.45, 2.75) is 13.8 Å². The van der Waals surface area contributed by atoms with Gasteiger partial charge in [0.15, 0.2) is 0 Å². The molecule has 0 saturated carbocycles. The number of aryl methyl sites for hydroxylation is 2. The van der Waals surface area contributed by atoms with E-state index in [2.05, 4.69) is 10.2 Å². The van der Waals surface area contributed by atoms with E-state index in [0.29, 0.717) is 5.69 Å². The van der Waals surface area contributed by atoms with Gasteiger partial charge in [-0.1, -0.05) is 0 Å². The molecule has 5 heteroatoms. The number of carboxylic acids is 1. The molecule has 0 unspecified atom stereocenters. The lowest BCUT2D eigenvalue weighted by molar-refractivity contribution is 0.0690. The molecule has 0 amide bonds. The fourth-order valence-electron chi connectivity index (χ4n) is 2.00. The van der Waals surface area contributed by atoms with Crippen molar-refractivity contribution in [3.63, 3.8) is 0 Å². The van der Waals surface area contributed by atoms with Crippen LogP contribution in [0.15, 0.2) is 18.2 Å². The largest absolute Gasteiger partial charge is 0.496 e. The van der Waals surface area contributed by atoms with Crippen molar-refractivity contribution in [1.29, 1.82) is 0 Å². The van der Waals surface area contributed by atoms with Gasteiger partial charge in [-0.3, -0.25) is 5.10 Å². The number of methoxy groups -OCH3 is 1. The first kappa shape index (κ1) is 12.2. The molecule has 0 saturated heterocycles. The first-order valence-electron chi connectivity index (χ1n) is 5.47. The van der Waals surface area contributed by atoms with E-state index in [-0.39, 0.29) is 5.69 Å². The minimum Gasteiger partial charge on any atom is -0.496 e. The van der Waals surface area contributed by atoms with Crippen LogP contribution in [-0.4, -0.2) is 28.4 Å². The van der Waals surface area contributed by atoms with Crippen molar-refractivity contribution >= 4 is 5.97 Å². The molecular formula is C13H14N2O3. The second kappa shape index (κ2) is 4.52. The number of aromatic amines is 1. The molecule has 2 aromatic rings. The van der Waals surface area contributed by atoms with E-state index in [4.69, 9.17) is 9.84 Å². The fraction of sp³-hybridized carbons (Fsp3) is 0.231. The number of aromatic nitrogens is 2. The number of hydrogen-bond donors (Lipinski definition) is 2. The van der Waals surface area contributed by atoms with Gasteiger partial charge in [-0.05, 0) is 43.2 Å². The Morgan fingerprint density at radius 2 is 1.89 bits per heavy atom. The van der Waals surface area contributed by atoms with Gasteiger partial charge in [-0.25, -0.2) is 4.79 Å². The molecule has 1 aromatic carbocycles. The van der Waals surface area contributed by atoms with Crippen LogP contribution < -0.4 is 4.74 Å². The third kappa shape index (κ3) is 2.07. The number of ether oxygens (including phenoxy) is 1. The van der Waals surface area contributed by atoms with E-state index in [1.165, 1.54) is 6.07 Å². The summed E-state index contributed by atoms with van der Waals surface area (Å²) in [4.78, 5) is 10.8. The fourth-order valence-corrected chi connectivity index (χ4v) is 2.00. The topological polar surface area (TPSA) is 75.2 Å². The summed E-state index contributed by atoms with van der Waals surface area (Å²) < 4.78 is 5.29. The van der Waals surface area contributed by atoms with Crippen LogP contribution in [0.2, 0.25) is 0 Å². The van der Waals surface area contributed by atoms with E-state index in [1.807, 2.05) is 26.0 Å². The van der Waals surface area contributed by atoms with Crippen LogP contribution in [0.3, 0.4) is 0 Å². The minimum absolute atomic E-state index is 0.0797.